The van der Waals surface area contributed by atoms with Gasteiger partial charge in [-0.15, -0.1) is 0 Å². The van der Waals surface area contributed by atoms with E-state index in [4.69, 9.17) is 5.73 Å². The lowest BCUT2D eigenvalue weighted by molar-refractivity contribution is 0.328. The van der Waals surface area contributed by atoms with Crippen LogP contribution in [0.4, 0.5) is 4.39 Å². The van der Waals surface area contributed by atoms with Crippen molar-refractivity contribution in [1.29, 1.82) is 0 Å². The van der Waals surface area contributed by atoms with E-state index in [0.29, 0.717) is 12.1 Å². The second kappa shape index (κ2) is 7.03. The van der Waals surface area contributed by atoms with Crippen molar-refractivity contribution < 1.29 is 4.39 Å². The summed E-state index contributed by atoms with van der Waals surface area (Å²) in [7, 11) is 0. The first kappa shape index (κ1) is 15.2. The van der Waals surface area contributed by atoms with Gasteiger partial charge >= 0.3 is 0 Å². The molecule has 0 bridgehead atoms. The highest BCUT2D eigenvalue weighted by molar-refractivity contribution is 5.32. The summed E-state index contributed by atoms with van der Waals surface area (Å²) >= 11 is 0. The first-order valence-electron chi connectivity index (χ1n) is 8.04. The van der Waals surface area contributed by atoms with Crippen LogP contribution in [0.3, 0.4) is 0 Å². The zero-order valence-corrected chi connectivity index (χ0v) is 12.7. The molecule has 3 rings (SSSR count). The molecule has 0 amide bonds. The van der Waals surface area contributed by atoms with E-state index >= 15 is 0 Å². The number of hydrogen-bond acceptors (Lipinski definition) is 2. The van der Waals surface area contributed by atoms with Gasteiger partial charge in [-0.3, -0.25) is 0 Å². The Labute approximate surface area is 131 Å². The topological polar surface area (TPSA) is 38.0 Å². The van der Waals surface area contributed by atoms with Crippen molar-refractivity contribution in [3.8, 4) is 0 Å². The van der Waals surface area contributed by atoms with Gasteiger partial charge in [0.15, 0.2) is 0 Å². The molecule has 3 heteroatoms. The van der Waals surface area contributed by atoms with Crippen LogP contribution in [0.15, 0.2) is 54.6 Å². The van der Waals surface area contributed by atoms with E-state index in [1.165, 1.54) is 17.7 Å². The minimum atomic E-state index is -0.195. The van der Waals surface area contributed by atoms with Crippen molar-refractivity contribution in [3.05, 3.63) is 71.5 Å². The van der Waals surface area contributed by atoms with Crippen LogP contribution in [0, 0.1) is 5.82 Å². The number of nitrogens with two attached hydrogens (primary N) is 1. The Bertz CT molecular complexity index is 574. The van der Waals surface area contributed by atoms with Crippen molar-refractivity contribution >= 4 is 0 Å². The third kappa shape index (κ3) is 3.73. The predicted molar refractivity (Wildman–Crippen MR) is 88.1 cm³/mol. The summed E-state index contributed by atoms with van der Waals surface area (Å²) in [6, 6.07) is 18.1. The third-order valence-electron chi connectivity index (χ3n) is 4.51. The van der Waals surface area contributed by atoms with Crippen molar-refractivity contribution in [1.82, 2.24) is 5.32 Å². The van der Waals surface area contributed by atoms with Crippen LogP contribution in [-0.2, 0) is 0 Å². The summed E-state index contributed by atoms with van der Waals surface area (Å²) in [4.78, 5) is 0. The minimum Gasteiger partial charge on any atom is -0.328 e. The fourth-order valence-corrected chi connectivity index (χ4v) is 3.21. The Morgan fingerprint density at radius 1 is 0.864 bits per heavy atom. The van der Waals surface area contributed by atoms with Gasteiger partial charge in [0.25, 0.3) is 0 Å². The fraction of sp³-hybridized carbons (Fsp3) is 0.368. The van der Waals surface area contributed by atoms with Crippen molar-refractivity contribution in [2.45, 2.75) is 43.8 Å². The van der Waals surface area contributed by atoms with Crippen LogP contribution in [-0.4, -0.2) is 12.1 Å². The molecule has 1 fully saturated rings. The van der Waals surface area contributed by atoms with Crippen molar-refractivity contribution in [3.63, 3.8) is 0 Å². The molecule has 2 aromatic carbocycles. The van der Waals surface area contributed by atoms with Crippen LogP contribution in [0.5, 0.6) is 0 Å². The lowest BCUT2D eigenvalue weighted by atomic mass is 9.89. The third-order valence-corrected chi connectivity index (χ3v) is 4.51. The molecule has 1 atom stereocenters. The Kier molecular flexibility index (Phi) is 4.86. The Hall–Kier alpha value is -1.71. The molecule has 0 radical (unpaired) electrons. The quantitative estimate of drug-likeness (QED) is 0.901. The maximum absolute atomic E-state index is 13.2. The first-order chi connectivity index (χ1) is 10.7. The molecule has 1 saturated carbocycles. The van der Waals surface area contributed by atoms with Gasteiger partial charge in [0, 0.05) is 12.1 Å². The molecule has 116 valence electrons. The maximum Gasteiger partial charge on any atom is 0.123 e. The molecular formula is C19H23FN2. The number of hydrogen-bond donors (Lipinski definition) is 2. The second-order valence-corrected chi connectivity index (χ2v) is 6.17. The summed E-state index contributed by atoms with van der Waals surface area (Å²) in [5.41, 5.74) is 8.31. The zero-order chi connectivity index (χ0) is 15.4. The second-order valence-electron chi connectivity index (χ2n) is 6.17. The van der Waals surface area contributed by atoms with E-state index in [9.17, 15) is 4.39 Å². The van der Waals surface area contributed by atoms with E-state index in [-0.39, 0.29) is 11.9 Å². The van der Waals surface area contributed by atoms with E-state index < -0.39 is 0 Å². The van der Waals surface area contributed by atoms with Gasteiger partial charge in [-0.2, -0.15) is 0 Å². The molecule has 0 saturated heterocycles. The molecule has 2 aromatic rings. The van der Waals surface area contributed by atoms with E-state index in [2.05, 4.69) is 17.4 Å². The minimum absolute atomic E-state index is 0.0983. The average molecular weight is 298 g/mol. The summed E-state index contributed by atoms with van der Waals surface area (Å²) < 4.78 is 13.2. The lowest BCUT2D eigenvalue weighted by Gasteiger charge is -2.31. The maximum atomic E-state index is 13.2. The zero-order valence-electron chi connectivity index (χ0n) is 12.7. The predicted octanol–water partition coefficient (Wildman–Crippen LogP) is 3.77. The van der Waals surface area contributed by atoms with E-state index in [1.54, 1.807) is 0 Å². The van der Waals surface area contributed by atoms with Crippen LogP contribution in [0.2, 0.25) is 0 Å². The van der Waals surface area contributed by atoms with Crippen molar-refractivity contribution in [2.75, 3.05) is 0 Å². The van der Waals surface area contributed by atoms with Crippen molar-refractivity contribution in [2.24, 2.45) is 5.73 Å². The highest BCUT2D eigenvalue weighted by Crippen LogP contribution is 2.26. The molecule has 2 nitrogen and oxygen atoms in total. The molecule has 1 unspecified atom stereocenters. The van der Waals surface area contributed by atoms with Crippen LogP contribution in [0.1, 0.15) is 42.9 Å². The molecule has 22 heavy (non-hydrogen) atoms. The molecule has 1 aliphatic rings. The Balaban J connectivity index is 1.82. The largest absolute Gasteiger partial charge is 0.328 e. The van der Waals surface area contributed by atoms with Gasteiger partial charge < -0.3 is 11.1 Å². The molecule has 1 aliphatic carbocycles. The van der Waals surface area contributed by atoms with Gasteiger partial charge in [-0.05, 0) is 48.9 Å². The fourth-order valence-electron chi connectivity index (χ4n) is 3.21. The molecule has 3 N–H and O–H groups in total. The highest BCUT2D eigenvalue weighted by atomic mass is 19.1. The summed E-state index contributed by atoms with van der Waals surface area (Å²) in [5, 5.41) is 3.75. The molecule has 0 spiro atoms. The van der Waals surface area contributed by atoms with Gasteiger partial charge in [-0.1, -0.05) is 42.5 Å². The summed E-state index contributed by atoms with van der Waals surface area (Å²) in [5.74, 6) is -0.195. The number of rotatable bonds is 4. The summed E-state index contributed by atoms with van der Waals surface area (Å²) in [6.07, 6.45) is 4.35. The lowest BCUT2D eigenvalue weighted by Crippen LogP contribution is -2.39. The van der Waals surface area contributed by atoms with Crippen LogP contribution < -0.4 is 11.1 Å². The highest BCUT2D eigenvalue weighted by Gasteiger charge is 2.23. The van der Waals surface area contributed by atoms with Gasteiger partial charge in [0.1, 0.15) is 5.82 Å². The molecule has 0 aromatic heterocycles. The van der Waals surface area contributed by atoms with E-state index in [0.717, 1.165) is 31.2 Å². The normalized spacial score (nSPS) is 23.2. The van der Waals surface area contributed by atoms with E-state index in [1.807, 2.05) is 30.3 Å². The summed E-state index contributed by atoms with van der Waals surface area (Å²) in [6.45, 7) is 0. The number of halogens is 1. The van der Waals surface area contributed by atoms with Crippen LogP contribution >= 0.6 is 0 Å². The van der Waals surface area contributed by atoms with Gasteiger partial charge in [-0.25, -0.2) is 4.39 Å². The number of benzene rings is 2. The Morgan fingerprint density at radius 2 is 1.45 bits per heavy atom. The van der Waals surface area contributed by atoms with Crippen LogP contribution in [0.25, 0.3) is 0 Å². The van der Waals surface area contributed by atoms with Gasteiger partial charge in [0.2, 0.25) is 0 Å². The molecular weight excluding hydrogens is 275 g/mol. The SMILES string of the molecule is NC1CCC(NC(c2ccccc2)c2ccc(F)cc2)CC1. The molecule has 0 aliphatic heterocycles. The smallest absolute Gasteiger partial charge is 0.123 e. The monoisotopic (exact) mass is 298 g/mol. The first-order valence-corrected chi connectivity index (χ1v) is 8.04. The standard InChI is InChI=1S/C19H23FN2/c20-16-8-6-15(7-9-16)19(14-4-2-1-3-5-14)22-18-12-10-17(21)11-13-18/h1-9,17-19,22H,10-13,21H2. The number of nitrogens with one attached hydrogen (secondary N) is 1. The Morgan fingerprint density at radius 3 is 2.09 bits per heavy atom. The molecule has 0 heterocycles. The average Bonchev–Trinajstić information content (AvgIpc) is 2.56. The van der Waals surface area contributed by atoms with Gasteiger partial charge in [0.05, 0.1) is 6.04 Å².